The van der Waals surface area contributed by atoms with Gasteiger partial charge >= 0.3 is 5.97 Å². The monoisotopic (exact) mass is 331 g/mol. The number of halogens is 1. The molecular weight excluding hydrogens is 317 g/mol. The lowest BCUT2D eigenvalue weighted by molar-refractivity contribution is 0.0526. The highest BCUT2D eigenvalue weighted by atomic mass is 127. The molecule has 86 valence electrons. The molecule has 0 saturated heterocycles. The molecule has 0 atom stereocenters. The molecule has 1 heterocycles. The van der Waals surface area contributed by atoms with E-state index in [4.69, 9.17) is 4.74 Å². The molecular formula is C12H14INO2. The molecule has 0 amide bonds. The van der Waals surface area contributed by atoms with Crippen LogP contribution in [0.25, 0.3) is 0 Å². The fourth-order valence-electron chi connectivity index (χ4n) is 1.87. The maximum atomic E-state index is 11.6. The van der Waals surface area contributed by atoms with Crippen LogP contribution in [-0.2, 0) is 11.2 Å². The van der Waals surface area contributed by atoms with Crippen LogP contribution in [0.3, 0.4) is 0 Å². The first-order valence-electron chi connectivity index (χ1n) is 5.45. The van der Waals surface area contributed by atoms with Crippen LogP contribution in [0.1, 0.15) is 29.3 Å². The van der Waals surface area contributed by atoms with Gasteiger partial charge in [-0.25, -0.2) is 4.79 Å². The number of ether oxygens (including phenoxy) is 1. The fraction of sp³-hybridized carbons (Fsp3) is 0.417. The van der Waals surface area contributed by atoms with Gasteiger partial charge in [0.25, 0.3) is 0 Å². The Labute approximate surface area is 109 Å². The smallest absolute Gasteiger partial charge is 0.338 e. The van der Waals surface area contributed by atoms with Crippen molar-refractivity contribution in [2.45, 2.75) is 19.8 Å². The zero-order valence-corrected chi connectivity index (χ0v) is 11.4. The number of aryl methyl sites for hydroxylation is 1. The summed E-state index contributed by atoms with van der Waals surface area (Å²) >= 11 is 2.29. The molecule has 0 radical (unpaired) electrons. The fourth-order valence-corrected chi connectivity index (χ4v) is 2.66. The predicted octanol–water partition coefficient (Wildman–Crippen LogP) is 2.97. The van der Waals surface area contributed by atoms with E-state index < -0.39 is 0 Å². The molecule has 1 aliphatic heterocycles. The second-order valence-electron chi connectivity index (χ2n) is 3.75. The van der Waals surface area contributed by atoms with Gasteiger partial charge in [-0.15, -0.1) is 0 Å². The van der Waals surface area contributed by atoms with E-state index in [0.29, 0.717) is 12.2 Å². The molecule has 0 bridgehead atoms. The summed E-state index contributed by atoms with van der Waals surface area (Å²) in [5.74, 6) is -0.235. The minimum atomic E-state index is -0.235. The number of fused-ring (bicyclic) bond motifs is 1. The van der Waals surface area contributed by atoms with Gasteiger partial charge in [0.1, 0.15) is 0 Å². The molecule has 0 unspecified atom stereocenters. The van der Waals surface area contributed by atoms with Gasteiger partial charge in [0.2, 0.25) is 0 Å². The number of hydrogen-bond acceptors (Lipinski definition) is 3. The Bertz CT molecular complexity index is 406. The summed E-state index contributed by atoms with van der Waals surface area (Å²) in [6, 6.07) is 5.82. The normalized spacial score (nSPS) is 14.5. The third-order valence-corrected chi connectivity index (χ3v) is 3.66. The topological polar surface area (TPSA) is 29.5 Å². The van der Waals surface area contributed by atoms with Crippen LogP contribution in [0.4, 0.5) is 5.69 Å². The van der Waals surface area contributed by atoms with Crippen LogP contribution in [0.2, 0.25) is 0 Å². The van der Waals surface area contributed by atoms with Gasteiger partial charge in [0.15, 0.2) is 0 Å². The van der Waals surface area contributed by atoms with Crippen LogP contribution >= 0.6 is 22.9 Å². The van der Waals surface area contributed by atoms with Crippen LogP contribution in [0.15, 0.2) is 18.2 Å². The Kier molecular flexibility index (Phi) is 3.68. The minimum absolute atomic E-state index is 0.235. The summed E-state index contributed by atoms with van der Waals surface area (Å²) in [7, 11) is 0. The second-order valence-corrected chi connectivity index (χ2v) is 4.92. The van der Waals surface area contributed by atoms with Crippen molar-refractivity contribution in [1.29, 1.82) is 0 Å². The minimum Gasteiger partial charge on any atom is -0.462 e. The molecule has 1 aliphatic rings. The highest BCUT2D eigenvalue weighted by Crippen LogP contribution is 2.30. The van der Waals surface area contributed by atoms with E-state index in [9.17, 15) is 4.79 Å². The number of benzene rings is 1. The first kappa shape index (κ1) is 11.7. The van der Waals surface area contributed by atoms with Crippen LogP contribution in [-0.4, -0.2) is 19.1 Å². The number of hydrogen-bond donors (Lipinski definition) is 0. The molecule has 16 heavy (non-hydrogen) atoms. The van der Waals surface area contributed by atoms with Crippen LogP contribution in [0, 0.1) is 0 Å². The van der Waals surface area contributed by atoms with Crippen LogP contribution < -0.4 is 3.11 Å². The van der Waals surface area contributed by atoms with E-state index in [1.54, 1.807) is 0 Å². The van der Waals surface area contributed by atoms with Crippen molar-refractivity contribution in [3.8, 4) is 0 Å². The lowest BCUT2D eigenvalue weighted by atomic mass is 10.0. The van der Waals surface area contributed by atoms with E-state index in [-0.39, 0.29) is 5.97 Å². The maximum absolute atomic E-state index is 11.6. The Morgan fingerprint density at radius 2 is 2.38 bits per heavy atom. The molecule has 1 aromatic rings. The number of anilines is 1. The number of carbonyl (C=O) groups is 1. The lowest BCUT2D eigenvalue weighted by Gasteiger charge is -2.25. The molecule has 1 aromatic carbocycles. The standard InChI is InChI=1S/C12H14INO2/c1-2-16-12(15)10-6-5-9-4-3-7-14(13)11(9)8-10/h5-6,8H,2-4,7H2,1H3. The number of esters is 1. The Morgan fingerprint density at radius 3 is 3.12 bits per heavy atom. The van der Waals surface area contributed by atoms with E-state index in [1.807, 2.05) is 25.1 Å². The van der Waals surface area contributed by atoms with E-state index in [1.165, 1.54) is 12.0 Å². The highest BCUT2D eigenvalue weighted by Gasteiger charge is 2.17. The molecule has 0 N–H and O–H groups in total. The number of nitrogens with zero attached hydrogens (tertiary/aromatic N) is 1. The second kappa shape index (κ2) is 5.03. The van der Waals surface area contributed by atoms with Gasteiger partial charge in [0.05, 0.1) is 35.0 Å². The van der Waals surface area contributed by atoms with Gasteiger partial charge in [-0.1, -0.05) is 6.07 Å². The van der Waals surface area contributed by atoms with E-state index in [0.717, 1.165) is 18.7 Å². The first-order valence-corrected chi connectivity index (χ1v) is 6.42. The number of rotatable bonds is 2. The molecule has 0 aliphatic carbocycles. The lowest BCUT2D eigenvalue weighted by Crippen LogP contribution is -2.19. The van der Waals surface area contributed by atoms with Crippen molar-refractivity contribution in [2.24, 2.45) is 0 Å². The molecule has 4 heteroatoms. The quantitative estimate of drug-likeness (QED) is 0.474. The number of carbonyl (C=O) groups excluding carboxylic acids is 1. The average molecular weight is 331 g/mol. The van der Waals surface area contributed by atoms with Crippen molar-refractivity contribution in [3.63, 3.8) is 0 Å². The third kappa shape index (κ3) is 2.31. The van der Waals surface area contributed by atoms with Gasteiger partial charge in [-0.05, 0) is 37.5 Å². The van der Waals surface area contributed by atoms with Gasteiger partial charge in [-0.2, -0.15) is 0 Å². The molecule has 0 aromatic heterocycles. The SMILES string of the molecule is CCOC(=O)c1ccc2c(c1)N(I)CCC2. The largest absolute Gasteiger partial charge is 0.462 e. The predicted molar refractivity (Wildman–Crippen MR) is 72.1 cm³/mol. The first-order chi connectivity index (χ1) is 7.72. The van der Waals surface area contributed by atoms with Crippen molar-refractivity contribution in [1.82, 2.24) is 0 Å². The third-order valence-electron chi connectivity index (χ3n) is 2.66. The molecule has 0 spiro atoms. The molecule has 0 saturated carbocycles. The summed E-state index contributed by atoms with van der Waals surface area (Å²) in [4.78, 5) is 11.6. The Morgan fingerprint density at radius 1 is 1.56 bits per heavy atom. The van der Waals surface area contributed by atoms with E-state index in [2.05, 4.69) is 26.0 Å². The molecule has 2 rings (SSSR count). The zero-order valence-electron chi connectivity index (χ0n) is 9.20. The van der Waals surface area contributed by atoms with Gasteiger partial charge in [-0.3, -0.25) is 0 Å². The van der Waals surface area contributed by atoms with Crippen molar-refractivity contribution in [2.75, 3.05) is 16.3 Å². The average Bonchev–Trinajstić information content (AvgIpc) is 2.29. The summed E-state index contributed by atoms with van der Waals surface area (Å²) in [5, 5.41) is 0. The summed E-state index contributed by atoms with van der Waals surface area (Å²) in [5.41, 5.74) is 3.11. The van der Waals surface area contributed by atoms with Gasteiger partial charge in [0, 0.05) is 12.2 Å². The van der Waals surface area contributed by atoms with Crippen molar-refractivity contribution < 1.29 is 9.53 Å². The molecule has 0 fully saturated rings. The van der Waals surface area contributed by atoms with Crippen LogP contribution in [0.5, 0.6) is 0 Å². The highest BCUT2D eigenvalue weighted by molar-refractivity contribution is 14.1. The van der Waals surface area contributed by atoms with Crippen molar-refractivity contribution >= 4 is 34.5 Å². The van der Waals surface area contributed by atoms with Crippen molar-refractivity contribution in [3.05, 3.63) is 29.3 Å². The van der Waals surface area contributed by atoms with Gasteiger partial charge < -0.3 is 7.85 Å². The molecule has 3 nitrogen and oxygen atoms in total. The Balaban J connectivity index is 2.30. The van der Waals surface area contributed by atoms with E-state index >= 15 is 0 Å². The summed E-state index contributed by atoms with van der Waals surface area (Å²) in [6.07, 6.45) is 2.27. The summed E-state index contributed by atoms with van der Waals surface area (Å²) in [6.45, 7) is 3.28. The Hall–Kier alpha value is -0.780. The maximum Gasteiger partial charge on any atom is 0.338 e. The summed E-state index contributed by atoms with van der Waals surface area (Å²) < 4.78 is 7.16. The zero-order chi connectivity index (χ0) is 11.5.